The second kappa shape index (κ2) is 5.32. The summed E-state index contributed by atoms with van der Waals surface area (Å²) in [4.78, 5) is 15.4. The molecule has 5 heteroatoms. The summed E-state index contributed by atoms with van der Waals surface area (Å²) in [5, 5.41) is 0. The van der Waals surface area contributed by atoms with Crippen molar-refractivity contribution in [1.82, 2.24) is 9.80 Å². The molecule has 0 aromatic rings. The molecule has 2 unspecified atom stereocenters. The first-order valence-corrected chi connectivity index (χ1v) is 5.43. The summed E-state index contributed by atoms with van der Waals surface area (Å²) in [6.07, 6.45) is -0.0343. The molecule has 0 aromatic heterocycles. The van der Waals surface area contributed by atoms with Gasteiger partial charge in [-0.1, -0.05) is 0 Å². The first-order valence-electron chi connectivity index (χ1n) is 5.43. The van der Waals surface area contributed by atoms with E-state index in [1.165, 1.54) is 0 Å². The summed E-state index contributed by atoms with van der Waals surface area (Å²) < 4.78 is 5.50. The Kier molecular flexibility index (Phi) is 4.35. The van der Waals surface area contributed by atoms with Crippen LogP contribution >= 0.6 is 0 Å². The second-order valence-corrected chi connectivity index (χ2v) is 4.01. The van der Waals surface area contributed by atoms with Gasteiger partial charge in [0.15, 0.2) is 0 Å². The number of carbonyl (C=O) groups excluding carboxylic acids is 1. The molecule has 1 saturated heterocycles. The van der Waals surface area contributed by atoms with Crippen LogP contribution < -0.4 is 5.73 Å². The molecule has 0 aromatic carbocycles. The molecule has 15 heavy (non-hydrogen) atoms. The minimum Gasteiger partial charge on any atom is -0.373 e. The normalized spacial score (nSPS) is 23.7. The van der Waals surface area contributed by atoms with Gasteiger partial charge in [0.25, 0.3) is 0 Å². The number of morpholine rings is 1. The van der Waals surface area contributed by atoms with Crippen molar-refractivity contribution in [2.24, 2.45) is 5.73 Å². The Morgan fingerprint density at radius 2 is 2.40 bits per heavy atom. The summed E-state index contributed by atoms with van der Waals surface area (Å²) in [6, 6.07) is 0.0268. The molecule has 2 N–H and O–H groups in total. The molecule has 2 atom stereocenters. The van der Waals surface area contributed by atoms with Crippen LogP contribution in [0.2, 0.25) is 0 Å². The van der Waals surface area contributed by atoms with E-state index in [1.54, 1.807) is 16.8 Å². The molecule has 0 saturated carbocycles. The topological polar surface area (TPSA) is 58.8 Å². The van der Waals surface area contributed by atoms with Gasteiger partial charge in [-0.05, 0) is 13.8 Å². The Balaban J connectivity index is 2.52. The van der Waals surface area contributed by atoms with Crippen LogP contribution in [0.3, 0.4) is 0 Å². The fourth-order valence-corrected chi connectivity index (χ4v) is 1.54. The van der Waals surface area contributed by atoms with Crippen LogP contribution in [-0.2, 0) is 4.74 Å². The maximum absolute atomic E-state index is 11.9. The molecular weight excluding hydrogens is 194 g/mol. The monoisotopic (exact) mass is 215 g/mol. The number of nitrogens with zero attached hydrogens (tertiary/aromatic N) is 2. The van der Waals surface area contributed by atoms with E-state index in [2.05, 4.69) is 0 Å². The zero-order valence-electron chi connectivity index (χ0n) is 9.77. The third-order valence-electron chi connectivity index (χ3n) is 2.75. The van der Waals surface area contributed by atoms with Gasteiger partial charge in [0.1, 0.15) is 0 Å². The summed E-state index contributed by atoms with van der Waals surface area (Å²) in [5.74, 6) is 0. The Morgan fingerprint density at radius 1 is 1.73 bits per heavy atom. The summed E-state index contributed by atoms with van der Waals surface area (Å²) in [6.45, 7) is 6.42. The van der Waals surface area contributed by atoms with E-state index in [-0.39, 0.29) is 18.2 Å². The van der Waals surface area contributed by atoms with Crippen molar-refractivity contribution in [2.75, 3.05) is 33.3 Å². The van der Waals surface area contributed by atoms with Gasteiger partial charge >= 0.3 is 6.03 Å². The molecule has 0 aliphatic carbocycles. The van der Waals surface area contributed by atoms with Crippen molar-refractivity contribution >= 4 is 6.03 Å². The molecule has 2 amide bonds. The van der Waals surface area contributed by atoms with Crippen molar-refractivity contribution in [3.8, 4) is 0 Å². The lowest BCUT2D eigenvalue weighted by Crippen LogP contribution is -2.54. The zero-order valence-corrected chi connectivity index (χ0v) is 9.77. The SMILES string of the molecule is CCN(C)C(=O)N1CCOC(C(C)N)C1. The zero-order chi connectivity index (χ0) is 11.4. The third-order valence-corrected chi connectivity index (χ3v) is 2.75. The lowest BCUT2D eigenvalue weighted by molar-refractivity contribution is -0.0274. The first-order chi connectivity index (χ1) is 7.06. The third kappa shape index (κ3) is 3.07. The number of hydrogen-bond acceptors (Lipinski definition) is 3. The minimum atomic E-state index is -0.0347. The standard InChI is InChI=1S/C10H21N3O2/c1-4-12(3)10(14)13-5-6-15-9(7-13)8(2)11/h8-9H,4-7,11H2,1-3H3. The molecule has 1 aliphatic heterocycles. The van der Waals surface area contributed by atoms with E-state index < -0.39 is 0 Å². The highest BCUT2D eigenvalue weighted by molar-refractivity contribution is 5.74. The van der Waals surface area contributed by atoms with Crippen molar-refractivity contribution in [2.45, 2.75) is 26.0 Å². The van der Waals surface area contributed by atoms with E-state index >= 15 is 0 Å². The van der Waals surface area contributed by atoms with Crippen molar-refractivity contribution < 1.29 is 9.53 Å². The number of ether oxygens (including phenoxy) is 1. The number of amides is 2. The lowest BCUT2D eigenvalue weighted by Gasteiger charge is -2.36. The summed E-state index contributed by atoms with van der Waals surface area (Å²) in [7, 11) is 1.80. The summed E-state index contributed by atoms with van der Waals surface area (Å²) >= 11 is 0. The largest absolute Gasteiger partial charge is 0.373 e. The van der Waals surface area contributed by atoms with Gasteiger partial charge in [-0.3, -0.25) is 0 Å². The molecule has 1 rings (SSSR count). The molecule has 5 nitrogen and oxygen atoms in total. The van der Waals surface area contributed by atoms with Crippen molar-refractivity contribution in [3.63, 3.8) is 0 Å². The maximum Gasteiger partial charge on any atom is 0.319 e. The van der Waals surface area contributed by atoms with Crippen LogP contribution in [0.5, 0.6) is 0 Å². The van der Waals surface area contributed by atoms with Gasteiger partial charge in [0.2, 0.25) is 0 Å². The molecule has 1 fully saturated rings. The van der Waals surface area contributed by atoms with Crippen LogP contribution in [0.1, 0.15) is 13.8 Å². The molecule has 0 bridgehead atoms. The van der Waals surface area contributed by atoms with Gasteiger partial charge in [0.05, 0.1) is 19.3 Å². The maximum atomic E-state index is 11.9. The highest BCUT2D eigenvalue weighted by atomic mass is 16.5. The van der Waals surface area contributed by atoms with Gasteiger partial charge < -0.3 is 20.3 Å². The molecular formula is C10H21N3O2. The molecule has 0 radical (unpaired) electrons. The lowest BCUT2D eigenvalue weighted by atomic mass is 10.1. The molecule has 1 aliphatic rings. The Bertz CT molecular complexity index is 221. The Hall–Kier alpha value is -0.810. The number of nitrogens with two attached hydrogens (primary N) is 1. The van der Waals surface area contributed by atoms with Crippen LogP contribution in [-0.4, -0.2) is 61.3 Å². The van der Waals surface area contributed by atoms with Gasteiger partial charge in [0, 0.05) is 26.2 Å². The van der Waals surface area contributed by atoms with E-state index in [0.29, 0.717) is 19.7 Å². The van der Waals surface area contributed by atoms with E-state index in [1.807, 2.05) is 13.8 Å². The van der Waals surface area contributed by atoms with Gasteiger partial charge in [-0.2, -0.15) is 0 Å². The predicted octanol–water partition coefficient (Wildman–Crippen LogP) is 0.106. The van der Waals surface area contributed by atoms with E-state index in [9.17, 15) is 4.79 Å². The number of hydrogen-bond donors (Lipinski definition) is 1. The summed E-state index contributed by atoms with van der Waals surface area (Å²) in [5.41, 5.74) is 5.76. The molecule has 88 valence electrons. The van der Waals surface area contributed by atoms with Crippen LogP contribution in [0, 0.1) is 0 Å². The number of carbonyl (C=O) groups is 1. The average Bonchev–Trinajstić information content (AvgIpc) is 2.27. The van der Waals surface area contributed by atoms with Gasteiger partial charge in [-0.15, -0.1) is 0 Å². The Morgan fingerprint density at radius 3 is 2.93 bits per heavy atom. The smallest absolute Gasteiger partial charge is 0.319 e. The quantitative estimate of drug-likeness (QED) is 0.711. The van der Waals surface area contributed by atoms with Crippen LogP contribution in [0.15, 0.2) is 0 Å². The minimum absolute atomic E-state index is 0.0343. The van der Waals surface area contributed by atoms with Crippen molar-refractivity contribution in [1.29, 1.82) is 0 Å². The second-order valence-electron chi connectivity index (χ2n) is 4.01. The van der Waals surface area contributed by atoms with Gasteiger partial charge in [-0.25, -0.2) is 4.79 Å². The number of rotatable bonds is 2. The fourth-order valence-electron chi connectivity index (χ4n) is 1.54. The Labute approximate surface area is 91.2 Å². The predicted molar refractivity (Wildman–Crippen MR) is 58.7 cm³/mol. The highest BCUT2D eigenvalue weighted by Gasteiger charge is 2.27. The molecule has 0 spiro atoms. The fraction of sp³-hybridized carbons (Fsp3) is 0.900. The van der Waals surface area contributed by atoms with E-state index in [0.717, 1.165) is 6.54 Å². The highest BCUT2D eigenvalue weighted by Crippen LogP contribution is 2.09. The number of urea groups is 1. The van der Waals surface area contributed by atoms with Crippen LogP contribution in [0.25, 0.3) is 0 Å². The average molecular weight is 215 g/mol. The first kappa shape index (κ1) is 12.3. The van der Waals surface area contributed by atoms with Crippen molar-refractivity contribution in [3.05, 3.63) is 0 Å². The molecule has 1 heterocycles. The van der Waals surface area contributed by atoms with E-state index in [4.69, 9.17) is 10.5 Å². The van der Waals surface area contributed by atoms with Crippen LogP contribution in [0.4, 0.5) is 4.79 Å².